The zero-order valence-corrected chi connectivity index (χ0v) is 9.70. The van der Waals surface area contributed by atoms with Crippen LogP contribution >= 0.6 is 0 Å². The van der Waals surface area contributed by atoms with Gasteiger partial charge in [-0.2, -0.15) is 0 Å². The highest BCUT2D eigenvalue weighted by molar-refractivity contribution is 5.87. The van der Waals surface area contributed by atoms with Crippen LogP contribution in [0.3, 0.4) is 0 Å². The largest absolute Gasteiger partial charge is 0.459 e. The van der Waals surface area contributed by atoms with Crippen LogP contribution in [0.25, 0.3) is 0 Å². The molecule has 0 aromatic carbocycles. The summed E-state index contributed by atoms with van der Waals surface area (Å²) in [6.45, 7) is 7.91. The Balaban J connectivity index is 2.30. The molecule has 0 N–H and O–H groups in total. The lowest BCUT2D eigenvalue weighted by atomic mass is 10.3. The summed E-state index contributed by atoms with van der Waals surface area (Å²) in [4.78, 5) is 11.3. The van der Waals surface area contributed by atoms with Gasteiger partial charge in [0, 0.05) is 5.57 Å². The lowest BCUT2D eigenvalue weighted by Gasteiger charge is -2.16. The molecule has 0 bridgehead atoms. The van der Waals surface area contributed by atoms with Gasteiger partial charge in [0.2, 0.25) is 0 Å². The van der Waals surface area contributed by atoms with E-state index in [-0.39, 0.29) is 18.7 Å². The van der Waals surface area contributed by atoms with Crippen LogP contribution in [0.5, 0.6) is 0 Å². The molecule has 1 rings (SSSR count). The number of carbonyl (C=O) groups is 1. The molecule has 4 nitrogen and oxygen atoms in total. The van der Waals surface area contributed by atoms with Crippen LogP contribution in [0.15, 0.2) is 11.6 Å². The molecule has 1 atom stereocenters. The summed E-state index contributed by atoms with van der Waals surface area (Å²) in [5, 5.41) is 0. The molecule has 1 aliphatic rings. The van der Waals surface area contributed by atoms with E-state index in [1.807, 2.05) is 13.8 Å². The highest BCUT2D eigenvalue weighted by Crippen LogP contribution is 2.22. The first-order valence-electron chi connectivity index (χ1n) is 5.06. The fourth-order valence-corrected chi connectivity index (χ4v) is 1.25. The molecule has 0 spiro atoms. The Morgan fingerprint density at radius 1 is 1.60 bits per heavy atom. The van der Waals surface area contributed by atoms with E-state index >= 15 is 0 Å². The molecule has 15 heavy (non-hydrogen) atoms. The fraction of sp³-hybridized carbons (Fsp3) is 0.727. The monoisotopic (exact) mass is 214 g/mol. The lowest BCUT2D eigenvalue weighted by molar-refractivity contribution is -0.155. The Hall–Kier alpha value is -0.870. The van der Waals surface area contributed by atoms with E-state index in [1.165, 1.54) is 0 Å². The second-order valence-corrected chi connectivity index (χ2v) is 4.02. The number of allylic oxidation sites excluding steroid dienone is 1. The van der Waals surface area contributed by atoms with Gasteiger partial charge in [0.25, 0.3) is 0 Å². The minimum Gasteiger partial charge on any atom is -0.459 e. The molecule has 1 aliphatic heterocycles. The standard InChI is InChI=1S/C11H18O4/c1-5-8(2)10(12)13-6-9-7-14-11(3,4)15-9/h5,9H,6-7H2,1-4H3/b8-5+/t9-/m0/s1. The SMILES string of the molecule is C/C=C(\C)C(=O)OC[C@H]1COC(C)(C)O1. The summed E-state index contributed by atoms with van der Waals surface area (Å²) in [7, 11) is 0. The van der Waals surface area contributed by atoms with E-state index in [0.29, 0.717) is 12.2 Å². The Kier molecular flexibility index (Phi) is 3.88. The third-order valence-electron chi connectivity index (χ3n) is 2.22. The molecule has 1 saturated heterocycles. The van der Waals surface area contributed by atoms with Crippen LogP contribution < -0.4 is 0 Å². The molecule has 0 radical (unpaired) electrons. The predicted octanol–water partition coefficient (Wildman–Crippen LogP) is 1.65. The van der Waals surface area contributed by atoms with Crippen LogP contribution in [0.2, 0.25) is 0 Å². The van der Waals surface area contributed by atoms with Crippen molar-refractivity contribution in [2.24, 2.45) is 0 Å². The zero-order chi connectivity index (χ0) is 11.5. The van der Waals surface area contributed by atoms with Crippen LogP contribution in [0.4, 0.5) is 0 Å². The van der Waals surface area contributed by atoms with Crippen molar-refractivity contribution in [2.75, 3.05) is 13.2 Å². The van der Waals surface area contributed by atoms with Gasteiger partial charge in [-0.15, -0.1) is 0 Å². The molecule has 86 valence electrons. The Bertz CT molecular complexity index is 268. The van der Waals surface area contributed by atoms with E-state index in [2.05, 4.69) is 0 Å². The van der Waals surface area contributed by atoms with E-state index in [0.717, 1.165) is 0 Å². The van der Waals surface area contributed by atoms with Gasteiger partial charge in [-0.25, -0.2) is 4.79 Å². The first kappa shape index (κ1) is 12.2. The van der Waals surface area contributed by atoms with Gasteiger partial charge in [0.1, 0.15) is 12.7 Å². The van der Waals surface area contributed by atoms with Crippen LogP contribution in [-0.4, -0.2) is 31.1 Å². The highest BCUT2D eigenvalue weighted by Gasteiger charge is 2.33. The van der Waals surface area contributed by atoms with E-state index < -0.39 is 5.79 Å². The smallest absolute Gasteiger partial charge is 0.333 e. The third-order valence-corrected chi connectivity index (χ3v) is 2.22. The minimum absolute atomic E-state index is 0.159. The maximum atomic E-state index is 11.3. The predicted molar refractivity (Wildman–Crippen MR) is 55.3 cm³/mol. The number of carbonyl (C=O) groups excluding carboxylic acids is 1. The number of hydrogen-bond donors (Lipinski definition) is 0. The highest BCUT2D eigenvalue weighted by atomic mass is 16.7. The maximum Gasteiger partial charge on any atom is 0.333 e. The van der Waals surface area contributed by atoms with Crippen molar-refractivity contribution in [1.82, 2.24) is 0 Å². The van der Waals surface area contributed by atoms with Crippen molar-refractivity contribution in [3.63, 3.8) is 0 Å². The summed E-state index contributed by atoms with van der Waals surface area (Å²) >= 11 is 0. The quantitative estimate of drug-likeness (QED) is 0.529. The lowest BCUT2D eigenvalue weighted by Crippen LogP contribution is -2.25. The molecule has 0 aromatic rings. The summed E-state index contributed by atoms with van der Waals surface area (Å²) in [6.07, 6.45) is 1.56. The first-order valence-corrected chi connectivity index (χ1v) is 5.06. The second-order valence-electron chi connectivity index (χ2n) is 4.02. The van der Waals surface area contributed by atoms with Crippen molar-refractivity contribution in [3.8, 4) is 0 Å². The number of hydrogen-bond acceptors (Lipinski definition) is 4. The van der Waals surface area contributed by atoms with Crippen molar-refractivity contribution < 1.29 is 19.0 Å². The minimum atomic E-state index is -0.563. The van der Waals surface area contributed by atoms with Crippen molar-refractivity contribution in [3.05, 3.63) is 11.6 Å². The molecule has 0 unspecified atom stereocenters. The number of ether oxygens (including phenoxy) is 3. The van der Waals surface area contributed by atoms with Crippen LogP contribution in [-0.2, 0) is 19.0 Å². The average Bonchev–Trinajstić information content (AvgIpc) is 2.53. The van der Waals surface area contributed by atoms with E-state index in [4.69, 9.17) is 14.2 Å². The first-order chi connectivity index (χ1) is 6.94. The van der Waals surface area contributed by atoms with Crippen molar-refractivity contribution in [2.45, 2.75) is 39.6 Å². The second kappa shape index (κ2) is 4.77. The van der Waals surface area contributed by atoms with Gasteiger partial charge in [0.15, 0.2) is 5.79 Å². The van der Waals surface area contributed by atoms with Gasteiger partial charge in [0.05, 0.1) is 6.61 Å². The number of esters is 1. The van der Waals surface area contributed by atoms with Gasteiger partial charge in [-0.05, 0) is 27.7 Å². The maximum absolute atomic E-state index is 11.3. The van der Waals surface area contributed by atoms with Crippen LogP contribution in [0, 0.1) is 0 Å². The molecule has 4 heteroatoms. The van der Waals surface area contributed by atoms with E-state index in [1.54, 1.807) is 19.9 Å². The van der Waals surface area contributed by atoms with E-state index in [9.17, 15) is 4.79 Å². The Morgan fingerprint density at radius 2 is 2.27 bits per heavy atom. The van der Waals surface area contributed by atoms with Crippen molar-refractivity contribution in [1.29, 1.82) is 0 Å². The molecular formula is C11H18O4. The van der Waals surface area contributed by atoms with Gasteiger partial charge >= 0.3 is 5.97 Å². The topological polar surface area (TPSA) is 44.8 Å². The van der Waals surface area contributed by atoms with Gasteiger partial charge in [-0.3, -0.25) is 0 Å². The molecule has 1 fully saturated rings. The summed E-state index contributed by atoms with van der Waals surface area (Å²) in [5.41, 5.74) is 0.605. The molecular weight excluding hydrogens is 196 g/mol. The molecule has 0 saturated carbocycles. The van der Waals surface area contributed by atoms with Gasteiger partial charge in [-0.1, -0.05) is 6.08 Å². The number of rotatable bonds is 3. The Labute approximate surface area is 90.2 Å². The summed E-state index contributed by atoms with van der Waals surface area (Å²) < 4.78 is 15.9. The summed E-state index contributed by atoms with van der Waals surface area (Å²) in [6, 6.07) is 0. The molecule has 0 amide bonds. The fourth-order valence-electron chi connectivity index (χ4n) is 1.25. The van der Waals surface area contributed by atoms with Crippen molar-refractivity contribution >= 4 is 5.97 Å². The zero-order valence-electron chi connectivity index (χ0n) is 9.70. The van der Waals surface area contributed by atoms with Gasteiger partial charge < -0.3 is 14.2 Å². The molecule has 0 aromatic heterocycles. The normalized spacial score (nSPS) is 25.3. The average molecular weight is 214 g/mol. The molecule has 1 heterocycles. The Morgan fingerprint density at radius 3 is 2.73 bits per heavy atom. The third kappa shape index (κ3) is 3.64. The summed E-state index contributed by atoms with van der Waals surface area (Å²) in [5.74, 6) is -0.863. The van der Waals surface area contributed by atoms with Crippen LogP contribution in [0.1, 0.15) is 27.7 Å². The molecule has 0 aliphatic carbocycles.